The Morgan fingerprint density at radius 2 is 2.22 bits per heavy atom. The van der Waals surface area contributed by atoms with Crippen molar-refractivity contribution in [1.82, 2.24) is 0 Å². The lowest BCUT2D eigenvalue weighted by atomic mass is 9.52. The highest BCUT2D eigenvalue weighted by atomic mass is 19.1. The Morgan fingerprint density at radius 1 is 1.44 bits per heavy atom. The van der Waals surface area contributed by atoms with E-state index in [0.717, 1.165) is 36.8 Å². The van der Waals surface area contributed by atoms with Gasteiger partial charge < -0.3 is 5.11 Å². The Hall–Kier alpha value is -1.38. The fourth-order valence-corrected chi connectivity index (χ4v) is 3.84. The lowest BCUT2D eigenvalue weighted by Gasteiger charge is -2.51. The average Bonchev–Trinajstić information content (AvgIpc) is 2.26. The summed E-state index contributed by atoms with van der Waals surface area (Å²) in [4.78, 5) is 11.0. The first-order valence-corrected chi connectivity index (χ1v) is 6.63. The molecular formula is C15H17FO2. The topological polar surface area (TPSA) is 37.3 Å². The highest BCUT2D eigenvalue weighted by Crippen LogP contribution is 2.55. The summed E-state index contributed by atoms with van der Waals surface area (Å²) in [6.07, 6.45) is 4.87. The van der Waals surface area contributed by atoms with Crippen LogP contribution in [0.25, 0.3) is 0 Å². The van der Waals surface area contributed by atoms with Crippen molar-refractivity contribution in [3.63, 3.8) is 0 Å². The number of hydrogen-bond acceptors (Lipinski definition) is 1. The SMILES string of the molecule is O=C(O)CC1CCc2c(F)cccc2C12CCC2. The molecule has 1 N–H and O–H groups in total. The molecule has 0 aliphatic heterocycles. The summed E-state index contributed by atoms with van der Waals surface area (Å²) >= 11 is 0. The third kappa shape index (κ3) is 1.57. The van der Waals surface area contributed by atoms with Crippen molar-refractivity contribution in [1.29, 1.82) is 0 Å². The molecule has 0 saturated heterocycles. The maximum absolute atomic E-state index is 13.8. The predicted octanol–water partition coefficient (Wildman–Crippen LogP) is 3.28. The van der Waals surface area contributed by atoms with Crippen LogP contribution in [0.5, 0.6) is 0 Å². The number of rotatable bonds is 2. The number of aliphatic carboxylic acids is 1. The molecule has 0 amide bonds. The molecule has 1 saturated carbocycles. The molecule has 2 aliphatic rings. The molecule has 0 aromatic heterocycles. The van der Waals surface area contributed by atoms with Crippen LogP contribution in [0.4, 0.5) is 4.39 Å². The van der Waals surface area contributed by atoms with E-state index in [2.05, 4.69) is 0 Å². The second-order valence-corrected chi connectivity index (χ2v) is 5.61. The Morgan fingerprint density at radius 3 is 2.83 bits per heavy atom. The van der Waals surface area contributed by atoms with Crippen LogP contribution in [-0.2, 0) is 16.6 Å². The second-order valence-electron chi connectivity index (χ2n) is 5.61. The van der Waals surface area contributed by atoms with Crippen LogP contribution in [-0.4, -0.2) is 11.1 Å². The van der Waals surface area contributed by atoms with Crippen LogP contribution < -0.4 is 0 Å². The number of hydrogen-bond donors (Lipinski definition) is 1. The molecular weight excluding hydrogens is 231 g/mol. The Balaban J connectivity index is 2.03. The molecule has 2 nitrogen and oxygen atoms in total. The molecule has 1 unspecified atom stereocenters. The largest absolute Gasteiger partial charge is 0.481 e. The number of carbonyl (C=O) groups is 1. The quantitative estimate of drug-likeness (QED) is 0.872. The van der Waals surface area contributed by atoms with Crippen LogP contribution in [0.1, 0.15) is 43.2 Å². The van der Waals surface area contributed by atoms with Crippen LogP contribution >= 0.6 is 0 Å². The van der Waals surface area contributed by atoms with E-state index in [1.165, 1.54) is 6.07 Å². The molecule has 3 heteroatoms. The van der Waals surface area contributed by atoms with Crippen molar-refractivity contribution < 1.29 is 14.3 Å². The predicted molar refractivity (Wildman–Crippen MR) is 66.0 cm³/mol. The smallest absolute Gasteiger partial charge is 0.303 e. The van der Waals surface area contributed by atoms with Crippen molar-refractivity contribution in [2.75, 3.05) is 0 Å². The molecule has 96 valence electrons. The standard InChI is InChI=1S/C15H17FO2/c16-13-4-1-3-12-11(13)6-5-10(9-14(17)18)15(12)7-2-8-15/h1,3-4,10H,2,5-9H2,(H,17,18). The van der Waals surface area contributed by atoms with E-state index in [9.17, 15) is 9.18 Å². The summed E-state index contributed by atoms with van der Waals surface area (Å²) in [5.74, 6) is -0.670. The molecule has 3 rings (SSSR count). The van der Waals surface area contributed by atoms with Crippen molar-refractivity contribution >= 4 is 5.97 Å². The number of carboxylic acid groups (broad SMARTS) is 1. The van der Waals surface area contributed by atoms with Crippen LogP contribution in [0.15, 0.2) is 18.2 Å². The molecule has 1 fully saturated rings. The molecule has 1 aromatic carbocycles. The van der Waals surface area contributed by atoms with Crippen LogP contribution in [0, 0.1) is 11.7 Å². The van der Waals surface area contributed by atoms with Gasteiger partial charge in [0.25, 0.3) is 0 Å². The van der Waals surface area contributed by atoms with Gasteiger partial charge >= 0.3 is 5.97 Å². The summed E-state index contributed by atoms with van der Waals surface area (Å²) in [5.41, 5.74) is 1.87. The van der Waals surface area contributed by atoms with E-state index in [4.69, 9.17) is 5.11 Å². The van der Waals surface area contributed by atoms with Gasteiger partial charge in [-0.25, -0.2) is 4.39 Å². The minimum atomic E-state index is -0.730. The molecule has 1 spiro atoms. The fourth-order valence-electron chi connectivity index (χ4n) is 3.84. The lowest BCUT2D eigenvalue weighted by molar-refractivity contribution is -0.139. The number of halogens is 1. The fraction of sp³-hybridized carbons (Fsp3) is 0.533. The number of carboxylic acids is 1. The van der Waals surface area contributed by atoms with Crippen molar-refractivity contribution in [3.05, 3.63) is 35.1 Å². The zero-order valence-corrected chi connectivity index (χ0v) is 10.3. The third-order valence-corrected chi connectivity index (χ3v) is 4.85. The maximum atomic E-state index is 13.8. The van der Waals surface area contributed by atoms with Crippen molar-refractivity contribution in [2.45, 2.75) is 43.9 Å². The molecule has 1 atom stereocenters. The van der Waals surface area contributed by atoms with Gasteiger partial charge in [0.2, 0.25) is 0 Å². The van der Waals surface area contributed by atoms with E-state index >= 15 is 0 Å². The molecule has 1 aromatic rings. The van der Waals surface area contributed by atoms with Gasteiger partial charge in [-0.15, -0.1) is 0 Å². The third-order valence-electron chi connectivity index (χ3n) is 4.85. The van der Waals surface area contributed by atoms with Gasteiger partial charge in [0.1, 0.15) is 5.82 Å². The van der Waals surface area contributed by atoms with E-state index in [-0.39, 0.29) is 23.6 Å². The Bertz CT molecular complexity index is 491. The summed E-state index contributed by atoms with van der Waals surface area (Å²) in [5, 5.41) is 9.05. The van der Waals surface area contributed by atoms with E-state index in [1.807, 2.05) is 6.07 Å². The monoisotopic (exact) mass is 248 g/mol. The van der Waals surface area contributed by atoms with E-state index in [0.29, 0.717) is 6.42 Å². The first-order valence-electron chi connectivity index (χ1n) is 6.63. The number of benzene rings is 1. The molecule has 0 bridgehead atoms. The van der Waals surface area contributed by atoms with Crippen LogP contribution in [0.2, 0.25) is 0 Å². The molecule has 0 heterocycles. The first-order chi connectivity index (χ1) is 8.63. The van der Waals surface area contributed by atoms with Gasteiger partial charge in [0.05, 0.1) is 0 Å². The number of fused-ring (bicyclic) bond motifs is 2. The summed E-state index contributed by atoms with van der Waals surface area (Å²) < 4.78 is 13.8. The van der Waals surface area contributed by atoms with E-state index < -0.39 is 5.97 Å². The van der Waals surface area contributed by atoms with Gasteiger partial charge in [-0.3, -0.25) is 4.79 Å². The lowest BCUT2D eigenvalue weighted by Crippen LogP contribution is -2.46. The van der Waals surface area contributed by atoms with Crippen molar-refractivity contribution in [2.24, 2.45) is 5.92 Å². The summed E-state index contributed by atoms with van der Waals surface area (Å²) in [6.45, 7) is 0. The van der Waals surface area contributed by atoms with E-state index in [1.54, 1.807) is 6.07 Å². The van der Waals surface area contributed by atoms with Gasteiger partial charge in [0, 0.05) is 6.42 Å². The van der Waals surface area contributed by atoms with Crippen LogP contribution in [0.3, 0.4) is 0 Å². The van der Waals surface area contributed by atoms with Crippen molar-refractivity contribution in [3.8, 4) is 0 Å². The summed E-state index contributed by atoms with van der Waals surface area (Å²) in [7, 11) is 0. The highest BCUT2D eigenvalue weighted by Gasteiger charge is 2.49. The second kappa shape index (κ2) is 4.08. The highest BCUT2D eigenvalue weighted by molar-refractivity contribution is 5.67. The normalized spacial score (nSPS) is 24.4. The van der Waals surface area contributed by atoms with Gasteiger partial charge in [-0.2, -0.15) is 0 Å². The zero-order chi connectivity index (χ0) is 12.8. The molecule has 18 heavy (non-hydrogen) atoms. The van der Waals surface area contributed by atoms with Gasteiger partial charge in [-0.05, 0) is 54.2 Å². The summed E-state index contributed by atoms with van der Waals surface area (Å²) in [6, 6.07) is 5.28. The zero-order valence-electron chi connectivity index (χ0n) is 10.3. The minimum absolute atomic E-state index is 0.0475. The Kier molecular flexibility index (Phi) is 2.65. The maximum Gasteiger partial charge on any atom is 0.303 e. The van der Waals surface area contributed by atoms with Gasteiger partial charge in [0.15, 0.2) is 0 Å². The molecule has 0 radical (unpaired) electrons. The average molecular weight is 248 g/mol. The molecule has 2 aliphatic carbocycles. The Labute approximate surface area is 106 Å². The first kappa shape index (κ1) is 11.7. The minimum Gasteiger partial charge on any atom is -0.481 e. The van der Waals surface area contributed by atoms with Gasteiger partial charge in [-0.1, -0.05) is 18.6 Å².